The van der Waals surface area contributed by atoms with Gasteiger partial charge in [0, 0.05) is 38.1 Å². The summed E-state index contributed by atoms with van der Waals surface area (Å²) in [5.41, 5.74) is 3.94. The molecule has 3 heteroatoms. The molecule has 0 N–H and O–H groups in total. The molecule has 1 amide bonds. The van der Waals surface area contributed by atoms with Gasteiger partial charge in [-0.05, 0) is 43.4 Å². The molecule has 0 aromatic heterocycles. The number of benzene rings is 2. The molecule has 1 heterocycles. The zero-order valence-electron chi connectivity index (χ0n) is 16.9. The summed E-state index contributed by atoms with van der Waals surface area (Å²) in [6, 6.07) is 20.0. The Balaban J connectivity index is 1.53. The molecule has 0 spiro atoms. The minimum Gasteiger partial charge on any atom is -0.340 e. The van der Waals surface area contributed by atoms with Crippen LogP contribution >= 0.6 is 0 Å². The summed E-state index contributed by atoms with van der Waals surface area (Å²) in [5.74, 6) is 0.285. The lowest BCUT2D eigenvalue weighted by molar-refractivity contribution is -0.135. The maximum Gasteiger partial charge on any atom is 0.223 e. The molecule has 3 rings (SSSR count). The molecule has 0 bridgehead atoms. The summed E-state index contributed by atoms with van der Waals surface area (Å²) in [6.07, 6.45) is 2.49. The standard InChI is InChI=1S/C24H32N2O/c1-4-21-10-12-22(13-11-21)14-15-24(27)25-16-19(2)26(20(3)17-25)18-23-8-6-5-7-9-23/h5-13,19-20H,4,14-18H2,1-3H3. The van der Waals surface area contributed by atoms with Gasteiger partial charge in [-0.3, -0.25) is 9.69 Å². The van der Waals surface area contributed by atoms with Gasteiger partial charge in [0.05, 0.1) is 0 Å². The summed E-state index contributed by atoms with van der Waals surface area (Å²) in [5, 5.41) is 0. The van der Waals surface area contributed by atoms with Gasteiger partial charge in [-0.1, -0.05) is 61.5 Å². The van der Waals surface area contributed by atoms with Crippen LogP contribution in [0.25, 0.3) is 0 Å². The molecule has 1 aliphatic heterocycles. The molecule has 2 unspecified atom stereocenters. The van der Waals surface area contributed by atoms with Crippen molar-refractivity contribution < 1.29 is 4.79 Å². The van der Waals surface area contributed by atoms with E-state index in [1.807, 2.05) is 0 Å². The van der Waals surface area contributed by atoms with Crippen molar-refractivity contribution in [3.05, 3.63) is 71.3 Å². The molecule has 27 heavy (non-hydrogen) atoms. The molecule has 2 aromatic carbocycles. The molecular weight excluding hydrogens is 332 g/mol. The number of carbonyl (C=O) groups is 1. The molecule has 3 nitrogen and oxygen atoms in total. The highest BCUT2D eigenvalue weighted by molar-refractivity contribution is 5.76. The van der Waals surface area contributed by atoms with Crippen molar-refractivity contribution in [3.63, 3.8) is 0 Å². The average Bonchev–Trinajstić information content (AvgIpc) is 2.70. The van der Waals surface area contributed by atoms with Crippen molar-refractivity contribution in [1.29, 1.82) is 0 Å². The summed E-state index contributed by atoms with van der Waals surface area (Å²) in [6.45, 7) is 9.24. The van der Waals surface area contributed by atoms with Crippen molar-refractivity contribution in [3.8, 4) is 0 Å². The number of nitrogens with zero attached hydrogens (tertiary/aromatic N) is 2. The van der Waals surface area contributed by atoms with Crippen molar-refractivity contribution in [2.75, 3.05) is 13.1 Å². The number of hydrogen-bond acceptors (Lipinski definition) is 2. The largest absolute Gasteiger partial charge is 0.340 e. The van der Waals surface area contributed by atoms with E-state index in [0.29, 0.717) is 18.5 Å². The molecular formula is C24H32N2O. The second-order valence-corrected chi connectivity index (χ2v) is 7.82. The van der Waals surface area contributed by atoms with Gasteiger partial charge in [-0.15, -0.1) is 0 Å². The molecule has 1 saturated heterocycles. The molecule has 0 aliphatic carbocycles. The van der Waals surface area contributed by atoms with E-state index < -0.39 is 0 Å². The second-order valence-electron chi connectivity index (χ2n) is 7.82. The molecule has 144 valence electrons. The zero-order valence-corrected chi connectivity index (χ0v) is 16.9. The molecule has 0 saturated carbocycles. The fraction of sp³-hybridized carbons (Fsp3) is 0.458. The Morgan fingerprint density at radius 1 is 0.889 bits per heavy atom. The first-order valence-corrected chi connectivity index (χ1v) is 10.2. The SMILES string of the molecule is CCc1ccc(CCC(=O)N2CC(C)N(Cc3ccccc3)C(C)C2)cc1. The summed E-state index contributed by atoms with van der Waals surface area (Å²) in [4.78, 5) is 17.3. The Labute approximate surface area is 164 Å². The van der Waals surface area contributed by atoms with E-state index in [1.54, 1.807) is 0 Å². The van der Waals surface area contributed by atoms with Gasteiger partial charge in [0.2, 0.25) is 5.91 Å². The van der Waals surface area contributed by atoms with Crippen LogP contribution in [0.15, 0.2) is 54.6 Å². The average molecular weight is 365 g/mol. The Morgan fingerprint density at radius 2 is 1.48 bits per heavy atom. The normalized spacial score (nSPS) is 20.6. The third-order valence-corrected chi connectivity index (χ3v) is 5.72. The van der Waals surface area contributed by atoms with E-state index in [4.69, 9.17) is 0 Å². The van der Waals surface area contributed by atoms with E-state index in [1.165, 1.54) is 16.7 Å². The van der Waals surface area contributed by atoms with E-state index in [2.05, 4.69) is 85.2 Å². The van der Waals surface area contributed by atoms with E-state index in [0.717, 1.165) is 32.5 Å². The minimum absolute atomic E-state index is 0.285. The Morgan fingerprint density at radius 3 is 2.07 bits per heavy atom. The van der Waals surface area contributed by atoms with Gasteiger partial charge < -0.3 is 4.90 Å². The lowest BCUT2D eigenvalue weighted by Gasteiger charge is -2.44. The number of piperazine rings is 1. The summed E-state index contributed by atoms with van der Waals surface area (Å²) >= 11 is 0. The maximum atomic E-state index is 12.8. The van der Waals surface area contributed by atoms with Crippen LogP contribution in [0, 0.1) is 0 Å². The van der Waals surface area contributed by atoms with E-state index in [9.17, 15) is 4.79 Å². The summed E-state index contributed by atoms with van der Waals surface area (Å²) < 4.78 is 0. The van der Waals surface area contributed by atoms with Crippen LogP contribution in [0.3, 0.4) is 0 Å². The van der Waals surface area contributed by atoms with Crippen molar-refractivity contribution >= 4 is 5.91 Å². The van der Waals surface area contributed by atoms with E-state index >= 15 is 0 Å². The van der Waals surface area contributed by atoms with Gasteiger partial charge in [-0.25, -0.2) is 0 Å². The van der Waals surface area contributed by atoms with Gasteiger partial charge >= 0.3 is 0 Å². The van der Waals surface area contributed by atoms with Crippen LogP contribution in [-0.4, -0.2) is 40.9 Å². The first kappa shape index (κ1) is 19.6. The molecule has 1 fully saturated rings. The highest BCUT2D eigenvalue weighted by Crippen LogP contribution is 2.20. The number of carbonyl (C=O) groups excluding carboxylic acids is 1. The quantitative estimate of drug-likeness (QED) is 0.763. The van der Waals surface area contributed by atoms with Crippen LogP contribution in [0.2, 0.25) is 0 Å². The number of aryl methyl sites for hydroxylation is 2. The third kappa shape index (κ3) is 5.20. The zero-order chi connectivity index (χ0) is 19.2. The first-order valence-electron chi connectivity index (χ1n) is 10.2. The monoisotopic (exact) mass is 364 g/mol. The Kier molecular flexibility index (Phi) is 6.68. The first-order chi connectivity index (χ1) is 13.1. The lowest BCUT2D eigenvalue weighted by atomic mass is 10.0. The van der Waals surface area contributed by atoms with Crippen LogP contribution in [0.1, 0.15) is 43.9 Å². The van der Waals surface area contributed by atoms with Gasteiger partial charge in [-0.2, -0.15) is 0 Å². The Hall–Kier alpha value is -2.13. The fourth-order valence-corrected chi connectivity index (χ4v) is 4.02. The van der Waals surface area contributed by atoms with Crippen molar-refractivity contribution in [2.24, 2.45) is 0 Å². The van der Waals surface area contributed by atoms with Crippen molar-refractivity contribution in [2.45, 2.75) is 58.7 Å². The molecule has 0 radical (unpaired) electrons. The minimum atomic E-state index is 0.285. The van der Waals surface area contributed by atoms with Crippen LogP contribution in [0.4, 0.5) is 0 Å². The lowest BCUT2D eigenvalue weighted by Crippen LogP contribution is -2.57. The smallest absolute Gasteiger partial charge is 0.223 e. The van der Waals surface area contributed by atoms with Gasteiger partial charge in [0.1, 0.15) is 0 Å². The fourth-order valence-electron chi connectivity index (χ4n) is 4.02. The van der Waals surface area contributed by atoms with E-state index in [-0.39, 0.29) is 5.91 Å². The maximum absolute atomic E-state index is 12.8. The topological polar surface area (TPSA) is 23.6 Å². The Bertz CT molecular complexity index is 714. The van der Waals surface area contributed by atoms with Crippen LogP contribution < -0.4 is 0 Å². The highest BCUT2D eigenvalue weighted by atomic mass is 16.2. The van der Waals surface area contributed by atoms with Crippen molar-refractivity contribution in [1.82, 2.24) is 9.80 Å². The van der Waals surface area contributed by atoms with Gasteiger partial charge in [0.15, 0.2) is 0 Å². The molecule has 2 aromatic rings. The van der Waals surface area contributed by atoms with Crippen LogP contribution in [-0.2, 0) is 24.2 Å². The second kappa shape index (κ2) is 9.18. The molecule has 1 aliphatic rings. The molecule has 2 atom stereocenters. The summed E-state index contributed by atoms with van der Waals surface area (Å²) in [7, 11) is 0. The predicted molar refractivity (Wildman–Crippen MR) is 112 cm³/mol. The number of rotatable bonds is 6. The third-order valence-electron chi connectivity index (χ3n) is 5.72. The van der Waals surface area contributed by atoms with Gasteiger partial charge in [0.25, 0.3) is 0 Å². The predicted octanol–water partition coefficient (Wildman–Crippen LogP) is 4.30. The number of amides is 1. The van der Waals surface area contributed by atoms with Crippen LogP contribution in [0.5, 0.6) is 0 Å². The number of hydrogen-bond donors (Lipinski definition) is 0. The highest BCUT2D eigenvalue weighted by Gasteiger charge is 2.31.